The molecule has 0 unspecified atom stereocenters. The number of hydrogen-bond acceptors (Lipinski definition) is 8. The summed E-state index contributed by atoms with van der Waals surface area (Å²) in [7, 11) is 5.45. The fraction of sp³-hybridized carbons (Fsp3) is 0.556. The Kier molecular flexibility index (Phi) is 9.84. The van der Waals surface area contributed by atoms with Crippen LogP contribution in [-0.4, -0.2) is 85.7 Å². The van der Waals surface area contributed by atoms with Gasteiger partial charge in [0, 0.05) is 49.4 Å². The molecule has 0 aromatic heterocycles. The number of aliphatic hydroxyl groups is 2. The lowest BCUT2D eigenvalue weighted by Gasteiger charge is -2.60. The van der Waals surface area contributed by atoms with Crippen LogP contribution >= 0.6 is 0 Å². The average Bonchev–Trinajstić information content (AvgIpc) is 3.40. The van der Waals surface area contributed by atoms with Gasteiger partial charge in [-0.05, 0) is 67.7 Å². The lowest BCUT2D eigenvalue weighted by molar-refractivity contribution is -0.182. The van der Waals surface area contributed by atoms with E-state index in [0.29, 0.717) is 29.8 Å². The van der Waals surface area contributed by atoms with E-state index in [1.165, 1.54) is 0 Å². The molecule has 6 rings (SSSR count). The van der Waals surface area contributed by atoms with E-state index in [9.17, 15) is 19.8 Å². The number of fused-ring (bicyclic) bond motifs is 2. The van der Waals surface area contributed by atoms with Gasteiger partial charge >= 0.3 is 0 Å². The van der Waals surface area contributed by atoms with Crippen LogP contribution < -0.4 is 20.3 Å². The highest BCUT2D eigenvalue weighted by molar-refractivity contribution is 5.97. The second kappa shape index (κ2) is 13.4. The highest BCUT2D eigenvalue weighted by Gasteiger charge is 2.56. The van der Waals surface area contributed by atoms with Crippen molar-refractivity contribution in [3.63, 3.8) is 0 Å². The zero-order valence-electron chi connectivity index (χ0n) is 28.2. The maximum Gasteiger partial charge on any atom is 0.251 e. The van der Waals surface area contributed by atoms with Crippen LogP contribution in [0.15, 0.2) is 48.6 Å². The minimum absolute atomic E-state index is 0.144. The number of anilines is 1. The number of benzene rings is 2. The average molecular weight is 635 g/mol. The largest absolute Gasteiger partial charge is 0.493 e. The first kappa shape index (κ1) is 33.9. The summed E-state index contributed by atoms with van der Waals surface area (Å²) in [5.41, 5.74) is 4.99. The van der Waals surface area contributed by atoms with Gasteiger partial charge in [-0.15, -0.1) is 0 Å². The number of carbonyl (C=O) groups excluding carboxylic acids is 2. The van der Waals surface area contributed by atoms with Crippen LogP contribution in [0, 0.1) is 23.2 Å². The molecule has 0 spiro atoms. The molecule has 1 saturated heterocycles. The molecule has 46 heavy (non-hydrogen) atoms. The van der Waals surface area contributed by atoms with E-state index in [2.05, 4.69) is 31.1 Å². The molecule has 7 atom stereocenters. The zero-order valence-corrected chi connectivity index (χ0v) is 28.2. The van der Waals surface area contributed by atoms with Gasteiger partial charge in [0.25, 0.3) is 5.91 Å². The van der Waals surface area contributed by atoms with E-state index in [1.54, 1.807) is 19.0 Å². The summed E-state index contributed by atoms with van der Waals surface area (Å²) in [6.07, 6.45) is 0.279. The second-order valence-corrected chi connectivity index (χ2v) is 13.8. The second-order valence-electron chi connectivity index (χ2n) is 13.8. The Bertz CT molecular complexity index is 1470. The Morgan fingerprint density at radius 3 is 2.54 bits per heavy atom. The molecule has 4 fully saturated rings. The van der Waals surface area contributed by atoms with Crippen molar-refractivity contribution in [3.8, 4) is 16.9 Å². The fourth-order valence-corrected chi connectivity index (χ4v) is 7.73. The molecular weight excluding hydrogens is 584 g/mol. The highest BCUT2D eigenvalue weighted by atomic mass is 16.7. The number of para-hydroxylation sites is 1. The Morgan fingerprint density at radius 2 is 1.96 bits per heavy atom. The molecule has 3 aliphatic carbocycles. The zero-order chi connectivity index (χ0) is 33.5. The summed E-state index contributed by atoms with van der Waals surface area (Å²) in [5, 5.41) is 28.6. The van der Waals surface area contributed by atoms with Crippen molar-refractivity contribution in [2.45, 2.75) is 71.4 Å². The fourth-order valence-electron chi connectivity index (χ4n) is 7.73. The number of ether oxygens (including phenoxy) is 1. The van der Waals surface area contributed by atoms with Crippen molar-refractivity contribution < 1.29 is 29.4 Å². The third-order valence-corrected chi connectivity index (χ3v) is 10.5. The number of hydroxylamine groups is 2. The minimum atomic E-state index is -0.908. The van der Waals surface area contributed by atoms with Crippen molar-refractivity contribution in [2.75, 3.05) is 39.3 Å². The van der Waals surface area contributed by atoms with Crippen LogP contribution in [0.25, 0.3) is 11.1 Å². The molecular formula is C36H50N4O6. The first-order valence-electron chi connectivity index (χ1n) is 16.3. The number of rotatable bonds is 11. The van der Waals surface area contributed by atoms with Crippen molar-refractivity contribution >= 4 is 17.5 Å². The van der Waals surface area contributed by atoms with Gasteiger partial charge in [-0.1, -0.05) is 44.2 Å². The van der Waals surface area contributed by atoms with Crippen molar-refractivity contribution in [2.24, 2.45) is 23.2 Å². The van der Waals surface area contributed by atoms with E-state index in [-0.39, 0.29) is 36.4 Å². The highest BCUT2D eigenvalue weighted by Crippen LogP contribution is 2.60. The van der Waals surface area contributed by atoms with Crippen molar-refractivity contribution in [3.05, 3.63) is 59.7 Å². The number of amides is 2. The van der Waals surface area contributed by atoms with Gasteiger partial charge in [0.05, 0.1) is 31.9 Å². The molecule has 1 heterocycles. The molecule has 2 aromatic carbocycles. The number of carbonyl (C=O) groups is 2. The predicted molar refractivity (Wildman–Crippen MR) is 178 cm³/mol. The summed E-state index contributed by atoms with van der Waals surface area (Å²) in [6, 6.07) is 10.5. The smallest absolute Gasteiger partial charge is 0.251 e. The van der Waals surface area contributed by atoms with Gasteiger partial charge < -0.3 is 30.5 Å². The normalized spacial score (nSPS) is 27.5. The molecule has 3 saturated carbocycles. The standard InChI is InChI=1S/C36H50N4O6/c1-9-45-33-22(11-10-12-27(33)23-13-24(34(43)37-6)15-26(14-23)39(7)8)18-40-32(31(21(3)42)30(19-41)46-40)35(44)38-29-17-25-16-28(20(29)2)36(25,4)5/h10-15,21,25,28-32,41-42H,2,9,16-19H2,1,3-8H3,(H,37,43)(H,38,44)/t21-,25+,28-,29-,30-,31-,32-/m0/s1. The summed E-state index contributed by atoms with van der Waals surface area (Å²) >= 11 is 0. The van der Waals surface area contributed by atoms with Crippen LogP contribution in [0.1, 0.15) is 56.5 Å². The number of nitrogens with zero attached hydrogens (tertiary/aromatic N) is 2. The monoisotopic (exact) mass is 634 g/mol. The maximum atomic E-state index is 14.1. The Hall–Kier alpha value is -3.44. The van der Waals surface area contributed by atoms with Gasteiger partial charge in [0.15, 0.2) is 0 Å². The Labute approximate surface area is 272 Å². The molecule has 2 bridgehead atoms. The Morgan fingerprint density at radius 1 is 1.22 bits per heavy atom. The number of nitrogens with one attached hydrogen (secondary N) is 2. The van der Waals surface area contributed by atoms with Crippen molar-refractivity contribution in [1.82, 2.24) is 15.7 Å². The van der Waals surface area contributed by atoms with Crippen molar-refractivity contribution in [1.29, 1.82) is 0 Å². The topological polar surface area (TPSA) is 124 Å². The molecule has 10 nitrogen and oxygen atoms in total. The van der Waals surface area contributed by atoms with E-state index in [4.69, 9.17) is 9.57 Å². The van der Waals surface area contributed by atoms with E-state index in [0.717, 1.165) is 40.8 Å². The van der Waals surface area contributed by atoms with Crippen LogP contribution in [0.5, 0.6) is 5.75 Å². The Balaban J connectivity index is 1.49. The number of aliphatic hydroxyl groups excluding tert-OH is 2. The summed E-state index contributed by atoms with van der Waals surface area (Å²) in [5.74, 6) is 0.397. The lowest BCUT2D eigenvalue weighted by Crippen LogP contribution is -2.59. The molecule has 250 valence electrons. The van der Waals surface area contributed by atoms with Crippen LogP contribution in [0.4, 0.5) is 5.69 Å². The molecule has 10 heteroatoms. The lowest BCUT2D eigenvalue weighted by atomic mass is 9.46. The van der Waals surface area contributed by atoms with Gasteiger partial charge in [-0.25, -0.2) is 0 Å². The van der Waals surface area contributed by atoms with Crippen LogP contribution in [0.3, 0.4) is 0 Å². The molecule has 4 aliphatic rings. The van der Waals surface area contributed by atoms with E-state index < -0.39 is 24.2 Å². The third kappa shape index (κ3) is 6.15. The first-order valence-corrected chi connectivity index (χ1v) is 16.3. The van der Waals surface area contributed by atoms with E-state index in [1.807, 2.05) is 62.3 Å². The first-order chi connectivity index (χ1) is 21.8. The maximum absolute atomic E-state index is 14.1. The summed E-state index contributed by atoms with van der Waals surface area (Å²) in [6.45, 7) is 12.7. The predicted octanol–water partition coefficient (Wildman–Crippen LogP) is 3.76. The SMILES string of the molecule is C=C1[C@@H](NC(=O)[C@@H]2[C@@H]([C@H](C)O)[C@H](CO)ON2Cc2cccc(-c3cc(C(=O)NC)cc(N(C)C)c3)c2OCC)C[C@H]2C[C@@H]1C2(C)C. The van der Waals surface area contributed by atoms with Gasteiger partial charge in [-0.3, -0.25) is 14.4 Å². The molecule has 0 radical (unpaired) electrons. The summed E-state index contributed by atoms with van der Waals surface area (Å²) in [4.78, 5) is 34.9. The number of hydrogen-bond donors (Lipinski definition) is 4. The molecule has 4 N–H and O–H groups in total. The van der Waals surface area contributed by atoms with Crippen LogP contribution in [-0.2, 0) is 16.2 Å². The van der Waals surface area contributed by atoms with Gasteiger partial charge in [0.2, 0.25) is 5.91 Å². The minimum Gasteiger partial charge on any atom is -0.493 e. The molecule has 2 amide bonds. The summed E-state index contributed by atoms with van der Waals surface area (Å²) < 4.78 is 6.25. The third-order valence-electron chi connectivity index (χ3n) is 10.5. The van der Waals surface area contributed by atoms with Gasteiger partial charge in [0.1, 0.15) is 17.9 Å². The van der Waals surface area contributed by atoms with E-state index >= 15 is 0 Å². The van der Waals surface area contributed by atoms with Crippen LogP contribution in [0.2, 0.25) is 0 Å². The quantitative estimate of drug-likeness (QED) is 0.276. The molecule has 2 aromatic rings. The van der Waals surface area contributed by atoms with Gasteiger partial charge in [-0.2, -0.15) is 5.06 Å². The molecule has 1 aliphatic heterocycles.